The number of carbonyl (C=O) groups is 2. The van der Waals surface area contributed by atoms with Crippen molar-refractivity contribution in [2.24, 2.45) is 11.3 Å². The molecule has 2 aliphatic carbocycles. The van der Waals surface area contributed by atoms with E-state index in [9.17, 15) is 9.59 Å². The fourth-order valence-corrected chi connectivity index (χ4v) is 3.75. The van der Waals surface area contributed by atoms with Gasteiger partial charge in [0.1, 0.15) is 11.4 Å². The number of esters is 1. The molecule has 0 radical (unpaired) electrons. The van der Waals surface area contributed by atoms with Gasteiger partial charge in [-0.1, -0.05) is 6.42 Å². The fourth-order valence-electron chi connectivity index (χ4n) is 3.75. The van der Waals surface area contributed by atoms with Crippen molar-refractivity contribution in [3.8, 4) is 0 Å². The van der Waals surface area contributed by atoms with Crippen molar-refractivity contribution in [1.29, 1.82) is 0 Å². The highest BCUT2D eigenvalue weighted by atomic mass is 16.6. The highest BCUT2D eigenvalue weighted by Crippen LogP contribution is 2.49. The Hall–Kier alpha value is -0.860. The van der Waals surface area contributed by atoms with Gasteiger partial charge in [0.15, 0.2) is 0 Å². The number of rotatable bonds is 2. The predicted molar refractivity (Wildman–Crippen MR) is 73.7 cm³/mol. The van der Waals surface area contributed by atoms with E-state index in [-0.39, 0.29) is 11.4 Å². The van der Waals surface area contributed by atoms with Crippen molar-refractivity contribution in [3.05, 3.63) is 0 Å². The molecule has 2 atom stereocenters. The van der Waals surface area contributed by atoms with E-state index in [1.165, 1.54) is 0 Å². The molecule has 2 aliphatic rings. The third-order valence-electron chi connectivity index (χ3n) is 4.47. The van der Waals surface area contributed by atoms with Gasteiger partial charge in [-0.25, -0.2) is 0 Å². The van der Waals surface area contributed by atoms with Gasteiger partial charge in [-0.2, -0.15) is 0 Å². The van der Waals surface area contributed by atoms with Crippen molar-refractivity contribution >= 4 is 11.8 Å². The molecule has 0 unspecified atom stereocenters. The molecule has 0 N–H and O–H groups in total. The van der Waals surface area contributed by atoms with Crippen molar-refractivity contribution in [3.63, 3.8) is 0 Å². The molecule has 0 bridgehead atoms. The molecule has 0 amide bonds. The first-order valence-electron chi connectivity index (χ1n) is 7.56. The van der Waals surface area contributed by atoms with Crippen molar-refractivity contribution in [2.45, 2.75) is 77.7 Å². The first kappa shape index (κ1) is 14.5. The van der Waals surface area contributed by atoms with Gasteiger partial charge >= 0.3 is 5.97 Å². The number of ether oxygens (including phenoxy) is 1. The average molecular weight is 266 g/mol. The van der Waals surface area contributed by atoms with Crippen molar-refractivity contribution < 1.29 is 14.3 Å². The minimum absolute atomic E-state index is 0.0784. The minimum atomic E-state index is -0.410. The zero-order valence-corrected chi connectivity index (χ0v) is 12.5. The Labute approximate surface area is 116 Å². The van der Waals surface area contributed by atoms with E-state index in [2.05, 4.69) is 0 Å². The molecule has 0 aromatic heterocycles. The van der Waals surface area contributed by atoms with E-state index in [0.717, 1.165) is 44.9 Å². The lowest BCUT2D eigenvalue weighted by Crippen LogP contribution is -2.34. The molecule has 0 saturated heterocycles. The van der Waals surface area contributed by atoms with Crippen LogP contribution in [0.4, 0.5) is 0 Å². The van der Waals surface area contributed by atoms with E-state index < -0.39 is 5.60 Å². The number of Topliss-reactive ketones (excluding diaryl/α,β-unsaturated/α-hetero) is 1. The van der Waals surface area contributed by atoms with E-state index in [4.69, 9.17) is 4.74 Å². The van der Waals surface area contributed by atoms with Gasteiger partial charge in [-0.05, 0) is 58.8 Å². The molecule has 2 fully saturated rings. The summed E-state index contributed by atoms with van der Waals surface area (Å²) in [6.45, 7) is 5.69. The van der Waals surface area contributed by atoms with Gasteiger partial charge in [-0.3, -0.25) is 9.59 Å². The number of carbonyl (C=O) groups excluding carboxylic acids is 2. The normalized spacial score (nSPS) is 31.7. The molecule has 0 aliphatic heterocycles. The third-order valence-corrected chi connectivity index (χ3v) is 4.47. The number of hydrogen-bond acceptors (Lipinski definition) is 3. The van der Waals surface area contributed by atoms with Crippen LogP contribution in [-0.4, -0.2) is 17.4 Å². The van der Waals surface area contributed by atoms with Crippen LogP contribution in [0.15, 0.2) is 0 Å². The maximum absolute atomic E-state index is 12.1. The van der Waals surface area contributed by atoms with Crippen LogP contribution in [0.2, 0.25) is 0 Å². The van der Waals surface area contributed by atoms with Crippen LogP contribution in [0.1, 0.15) is 72.1 Å². The van der Waals surface area contributed by atoms with Crippen LogP contribution in [-0.2, 0) is 14.3 Å². The predicted octanol–water partition coefficient (Wildman–Crippen LogP) is 3.65. The lowest BCUT2D eigenvalue weighted by atomic mass is 9.67. The molecule has 2 saturated carbocycles. The molecule has 0 aromatic carbocycles. The van der Waals surface area contributed by atoms with Crippen LogP contribution in [0.25, 0.3) is 0 Å². The first-order valence-corrected chi connectivity index (χ1v) is 7.56. The Balaban J connectivity index is 1.91. The number of hydrogen-bond donors (Lipinski definition) is 0. The first-order chi connectivity index (χ1) is 8.81. The summed E-state index contributed by atoms with van der Waals surface area (Å²) in [6.07, 6.45) is 7.40. The summed E-state index contributed by atoms with van der Waals surface area (Å²) >= 11 is 0. The smallest absolute Gasteiger partial charge is 0.306 e. The molecule has 1 spiro atoms. The van der Waals surface area contributed by atoms with Crippen molar-refractivity contribution in [2.75, 3.05) is 0 Å². The Morgan fingerprint density at radius 3 is 2.58 bits per heavy atom. The standard InChI is InChI=1S/C16H26O3/c1-15(2,3)19-14(18)10-12-6-4-8-16(11-12)9-5-7-13(16)17/h12H,4-11H2,1-3H3/t12-,16+/m1/s1. The summed E-state index contributed by atoms with van der Waals surface area (Å²) < 4.78 is 5.39. The van der Waals surface area contributed by atoms with Crippen LogP contribution in [0, 0.1) is 11.3 Å². The number of ketones is 1. The molecule has 0 aromatic rings. The van der Waals surface area contributed by atoms with Gasteiger partial charge in [0.25, 0.3) is 0 Å². The second-order valence-electron chi connectivity index (χ2n) is 7.31. The molecule has 0 heterocycles. The molecular formula is C16H26O3. The van der Waals surface area contributed by atoms with Crippen LogP contribution in [0.5, 0.6) is 0 Å². The van der Waals surface area contributed by atoms with Gasteiger partial charge < -0.3 is 4.74 Å². The molecular weight excluding hydrogens is 240 g/mol. The van der Waals surface area contributed by atoms with E-state index in [1.807, 2.05) is 20.8 Å². The average Bonchev–Trinajstić information content (AvgIpc) is 2.57. The highest BCUT2D eigenvalue weighted by molar-refractivity contribution is 5.87. The van der Waals surface area contributed by atoms with E-state index in [0.29, 0.717) is 18.1 Å². The summed E-state index contributed by atoms with van der Waals surface area (Å²) in [7, 11) is 0. The second kappa shape index (κ2) is 5.26. The molecule has 3 heteroatoms. The summed E-state index contributed by atoms with van der Waals surface area (Å²) in [5, 5.41) is 0. The molecule has 2 rings (SSSR count). The fraction of sp³-hybridized carbons (Fsp3) is 0.875. The topological polar surface area (TPSA) is 43.4 Å². The lowest BCUT2D eigenvalue weighted by Gasteiger charge is -2.36. The summed E-state index contributed by atoms with van der Waals surface area (Å²) in [5.74, 6) is 0.673. The Kier molecular flexibility index (Phi) is 4.03. The zero-order chi connectivity index (χ0) is 14.1. The van der Waals surface area contributed by atoms with Crippen molar-refractivity contribution in [1.82, 2.24) is 0 Å². The Morgan fingerprint density at radius 1 is 1.32 bits per heavy atom. The summed E-state index contributed by atoms with van der Waals surface area (Å²) in [6, 6.07) is 0. The van der Waals surface area contributed by atoms with E-state index >= 15 is 0 Å². The van der Waals surface area contributed by atoms with Gasteiger partial charge in [0.2, 0.25) is 0 Å². The lowest BCUT2D eigenvalue weighted by molar-refractivity contribution is -0.157. The van der Waals surface area contributed by atoms with Crippen LogP contribution in [0.3, 0.4) is 0 Å². The largest absolute Gasteiger partial charge is 0.460 e. The maximum atomic E-state index is 12.1. The van der Waals surface area contributed by atoms with Crippen LogP contribution >= 0.6 is 0 Å². The molecule has 3 nitrogen and oxygen atoms in total. The zero-order valence-electron chi connectivity index (χ0n) is 12.5. The molecule has 108 valence electrons. The highest BCUT2D eigenvalue weighted by Gasteiger charge is 2.45. The second-order valence-corrected chi connectivity index (χ2v) is 7.31. The van der Waals surface area contributed by atoms with E-state index in [1.54, 1.807) is 0 Å². The molecule has 19 heavy (non-hydrogen) atoms. The van der Waals surface area contributed by atoms with Gasteiger partial charge in [0, 0.05) is 18.3 Å². The summed E-state index contributed by atoms with van der Waals surface area (Å²) in [5.41, 5.74) is -0.489. The monoisotopic (exact) mass is 266 g/mol. The third kappa shape index (κ3) is 3.58. The summed E-state index contributed by atoms with van der Waals surface area (Å²) in [4.78, 5) is 24.0. The minimum Gasteiger partial charge on any atom is -0.460 e. The van der Waals surface area contributed by atoms with Gasteiger partial charge in [-0.15, -0.1) is 0 Å². The Bertz CT molecular complexity index is 367. The SMILES string of the molecule is CC(C)(C)OC(=O)C[C@H]1CCC[C@]2(CCCC2=O)C1. The maximum Gasteiger partial charge on any atom is 0.306 e. The van der Waals surface area contributed by atoms with Crippen LogP contribution < -0.4 is 0 Å². The Morgan fingerprint density at radius 2 is 2.00 bits per heavy atom. The quantitative estimate of drug-likeness (QED) is 0.717. The van der Waals surface area contributed by atoms with Gasteiger partial charge in [0.05, 0.1) is 0 Å².